The van der Waals surface area contributed by atoms with Crippen molar-refractivity contribution in [2.45, 2.75) is 58.9 Å². The summed E-state index contributed by atoms with van der Waals surface area (Å²) < 4.78 is 0. The van der Waals surface area contributed by atoms with Crippen molar-refractivity contribution in [1.82, 2.24) is 5.32 Å². The molecule has 1 fully saturated rings. The standard InChI is InChI=1S/C11H23N/c1-4-7-11(2,3)9-10-6-5-8-12-10/h10,12H,4-9H2,1-3H3. The molecule has 0 spiro atoms. The lowest BCUT2D eigenvalue weighted by molar-refractivity contribution is 0.269. The summed E-state index contributed by atoms with van der Waals surface area (Å²) in [6, 6.07) is 0.812. The minimum atomic E-state index is 0.552. The fraction of sp³-hybridized carbons (Fsp3) is 1.00. The molecule has 0 saturated carbocycles. The Labute approximate surface area is 76.9 Å². The maximum Gasteiger partial charge on any atom is 0.00726 e. The lowest BCUT2D eigenvalue weighted by atomic mass is 9.81. The summed E-state index contributed by atoms with van der Waals surface area (Å²) in [5.74, 6) is 0. The molecule has 0 aromatic rings. The minimum Gasteiger partial charge on any atom is -0.314 e. The van der Waals surface area contributed by atoms with Crippen molar-refractivity contribution in [2.75, 3.05) is 6.54 Å². The Balaban J connectivity index is 2.27. The Hall–Kier alpha value is -0.0400. The van der Waals surface area contributed by atoms with Gasteiger partial charge in [-0.05, 0) is 37.6 Å². The second-order valence-electron chi connectivity index (χ2n) is 4.91. The van der Waals surface area contributed by atoms with Crippen LogP contribution in [0.3, 0.4) is 0 Å². The highest BCUT2D eigenvalue weighted by atomic mass is 14.9. The van der Waals surface area contributed by atoms with E-state index in [1.807, 2.05) is 0 Å². The van der Waals surface area contributed by atoms with E-state index in [1.165, 1.54) is 38.6 Å². The Bertz CT molecular complexity index is 123. The predicted octanol–water partition coefficient (Wildman–Crippen LogP) is 2.95. The molecule has 1 unspecified atom stereocenters. The van der Waals surface area contributed by atoms with Crippen LogP contribution >= 0.6 is 0 Å². The molecule has 1 aliphatic heterocycles. The van der Waals surface area contributed by atoms with Crippen molar-refractivity contribution in [3.8, 4) is 0 Å². The molecule has 1 atom stereocenters. The SMILES string of the molecule is CCCC(C)(C)CC1CCCN1. The first-order chi connectivity index (χ1) is 5.64. The molecular formula is C11H23N. The zero-order valence-electron chi connectivity index (χ0n) is 8.82. The third kappa shape index (κ3) is 3.14. The van der Waals surface area contributed by atoms with Crippen molar-refractivity contribution in [3.05, 3.63) is 0 Å². The molecule has 1 rings (SSSR count). The van der Waals surface area contributed by atoms with Gasteiger partial charge < -0.3 is 5.32 Å². The molecule has 0 radical (unpaired) electrons. The molecule has 1 N–H and O–H groups in total. The van der Waals surface area contributed by atoms with E-state index in [-0.39, 0.29) is 0 Å². The Morgan fingerprint density at radius 1 is 1.42 bits per heavy atom. The van der Waals surface area contributed by atoms with E-state index in [0.717, 1.165) is 6.04 Å². The van der Waals surface area contributed by atoms with Gasteiger partial charge in [-0.3, -0.25) is 0 Å². The fourth-order valence-corrected chi connectivity index (χ4v) is 2.38. The molecule has 12 heavy (non-hydrogen) atoms. The second kappa shape index (κ2) is 4.27. The second-order valence-corrected chi connectivity index (χ2v) is 4.91. The van der Waals surface area contributed by atoms with Crippen LogP contribution in [0.4, 0.5) is 0 Å². The van der Waals surface area contributed by atoms with Gasteiger partial charge in [0.25, 0.3) is 0 Å². The predicted molar refractivity (Wildman–Crippen MR) is 54.3 cm³/mol. The number of rotatable bonds is 4. The first kappa shape index (κ1) is 10.0. The summed E-state index contributed by atoms with van der Waals surface area (Å²) >= 11 is 0. The zero-order valence-corrected chi connectivity index (χ0v) is 8.82. The van der Waals surface area contributed by atoms with Crippen LogP contribution in [-0.2, 0) is 0 Å². The van der Waals surface area contributed by atoms with E-state index in [0.29, 0.717) is 5.41 Å². The average Bonchev–Trinajstić information content (AvgIpc) is 2.38. The lowest BCUT2D eigenvalue weighted by Crippen LogP contribution is -2.28. The highest BCUT2D eigenvalue weighted by Crippen LogP contribution is 2.30. The quantitative estimate of drug-likeness (QED) is 0.682. The van der Waals surface area contributed by atoms with Gasteiger partial charge in [0.2, 0.25) is 0 Å². The topological polar surface area (TPSA) is 12.0 Å². The van der Waals surface area contributed by atoms with Gasteiger partial charge in [0.1, 0.15) is 0 Å². The molecule has 0 bridgehead atoms. The first-order valence-corrected chi connectivity index (χ1v) is 5.37. The Morgan fingerprint density at radius 3 is 2.67 bits per heavy atom. The number of hydrogen-bond donors (Lipinski definition) is 1. The summed E-state index contributed by atoms with van der Waals surface area (Å²) in [5, 5.41) is 3.57. The van der Waals surface area contributed by atoms with E-state index in [2.05, 4.69) is 26.1 Å². The van der Waals surface area contributed by atoms with Gasteiger partial charge >= 0.3 is 0 Å². The summed E-state index contributed by atoms with van der Waals surface area (Å²) in [5.41, 5.74) is 0.552. The molecule has 0 aliphatic carbocycles. The third-order valence-corrected chi connectivity index (χ3v) is 2.89. The van der Waals surface area contributed by atoms with E-state index in [9.17, 15) is 0 Å². The Morgan fingerprint density at radius 2 is 2.17 bits per heavy atom. The minimum absolute atomic E-state index is 0.552. The van der Waals surface area contributed by atoms with Crippen LogP contribution in [0.1, 0.15) is 52.9 Å². The van der Waals surface area contributed by atoms with Crippen LogP contribution in [0, 0.1) is 5.41 Å². The van der Waals surface area contributed by atoms with E-state index in [4.69, 9.17) is 0 Å². The third-order valence-electron chi connectivity index (χ3n) is 2.89. The normalized spacial score (nSPS) is 24.8. The molecule has 0 amide bonds. The summed E-state index contributed by atoms with van der Waals surface area (Å²) in [6.45, 7) is 8.32. The summed E-state index contributed by atoms with van der Waals surface area (Å²) in [4.78, 5) is 0. The maximum absolute atomic E-state index is 3.57. The van der Waals surface area contributed by atoms with Gasteiger partial charge in [-0.1, -0.05) is 27.2 Å². The molecular weight excluding hydrogens is 146 g/mol. The molecule has 1 nitrogen and oxygen atoms in total. The zero-order chi connectivity index (χ0) is 9.03. The molecule has 72 valence electrons. The van der Waals surface area contributed by atoms with Gasteiger partial charge in [-0.25, -0.2) is 0 Å². The molecule has 1 heteroatoms. The van der Waals surface area contributed by atoms with Crippen LogP contribution in [0.5, 0.6) is 0 Å². The number of nitrogens with one attached hydrogen (secondary N) is 1. The van der Waals surface area contributed by atoms with E-state index < -0.39 is 0 Å². The highest BCUT2D eigenvalue weighted by molar-refractivity contribution is 4.81. The highest BCUT2D eigenvalue weighted by Gasteiger charge is 2.24. The van der Waals surface area contributed by atoms with Gasteiger partial charge in [-0.2, -0.15) is 0 Å². The van der Waals surface area contributed by atoms with Crippen molar-refractivity contribution < 1.29 is 0 Å². The van der Waals surface area contributed by atoms with Crippen LogP contribution in [0.2, 0.25) is 0 Å². The van der Waals surface area contributed by atoms with E-state index in [1.54, 1.807) is 0 Å². The van der Waals surface area contributed by atoms with Gasteiger partial charge in [0, 0.05) is 6.04 Å². The molecule has 1 aliphatic rings. The molecule has 1 saturated heterocycles. The van der Waals surface area contributed by atoms with Crippen molar-refractivity contribution in [2.24, 2.45) is 5.41 Å². The van der Waals surface area contributed by atoms with Crippen molar-refractivity contribution >= 4 is 0 Å². The first-order valence-electron chi connectivity index (χ1n) is 5.37. The fourth-order valence-electron chi connectivity index (χ4n) is 2.38. The monoisotopic (exact) mass is 169 g/mol. The van der Waals surface area contributed by atoms with Crippen LogP contribution in [0.15, 0.2) is 0 Å². The number of hydrogen-bond acceptors (Lipinski definition) is 1. The van der Waals surface area contributed by atoms with Gasteiger partial charge in [-0.15, -0.1) is 0 Å². The maximum atomic E-state index is 3.57. The average molecular weight is 169 g/mol. The van der Waals surface area contributed by atoms with E-state index >= 15 is 0 Å². The summed E-state index contributed by atoms with van der Waals surface area (Å²) in [7, 11) is 0. The van der Waals surface area contributed by atoms with Crippen LogP contribution in [0.25, 0.3) is 0 Å². The van der Waals surface area contributed by atoms with Crippen molar-refractivity contribution in [3.63, 3.8) is 0 Å². The Kier molecular flexibility index (Phi) is 3.57. The van der Waals surface area contributed by atoms with Gasteiger partial charge in [0.15, 0.2) is 0 Å². The van der Waals surface area contributed by atoms with Crippen LogP contribution in [-0.4, -0.2) is 12.6 Å². The van der Waals surface area contributed by atoms with Crippen LogP contribution < -0.4 is 5.32 Å². The largest absolute Gasteiger partial charge is 0.314 e. The smallest absolute Gasteiger partial charge is 0.00726 e. The molecule has 0 aromatic carbocycles. The van der Waals surface area contributed by atoms with Gasteiger partial charge in [0.05, 0.1) is 0 Å². The lowest BCUT2D eigenvalue weighted by Gasteiger charge is -2.27. The summed E-state index contributed by atoms with van der Waals surface area (Å²) in [6.07, 6.45) is 6.83. The molecule has 0 aromatic heterocycles. The molecule has 1 heterocycles. The van der Waals surface area contributed by atoms with Crippen molar-refractivity contribution in [1.29, 1.82) is 0 Å².